The average molecular weight is 592 g/mol. The van der Waals surface area contributed by atoms with Crippen molar-refractivity contribution in [2.75, 3.05) is 11.9 Å². The Kier molecular flexibility index (Phi) is 7.96. The van der Waals surface area contributed by atoms with Crippen LogP contribution in [0.1, 0.15) is 69.8 Å². The van der Waals surface area contributed by atoms with E-state index in [0.29, 0.717) is 28.7 Å². The lowest BCUT2D eigenvalue weighted by Gasteiger charge is -2.21. The second kappa shape index (κ2) is 11.4. The van der Waals surface area contributed by atoms with Gasteiger partial charge in [0.15, 0.2) is 0 Å². The highest BCUT2D eigenvalue weighted by molar-refractivity contribution is 9.10. The molecule has 1 aliphatic carbocycles. The van der Waals surface area contributed by atoms with Crippen LogP contribution in [0.3, 0.4) is 0 Å². The van der Waals surface area contributed by atoms with Crippen molar-refractivity contribution in [2.24, 2.45) is 5.92 Å². The van der Waals surface area contributed by atoms with Crippen LogP contribution in [0.4, 0.5) is 5.00 Å². The first-order chi connectivity index (χ1) is 18.4. The number of amides is 1. The molecule has 38 heavy (non-hydrogen) atoms. The van der Waals surface area contributed by atoms with Crippen molar-refractivity contribution in [3.8, 4) is 11.3 Å². The molecule has 4 aromatic rings. The standard InChI is InChI=1S/C31H31BrN2O3S/c1-4-13-37-31(36)28-22-11-9-19(5-2)15-27(22)38-30(28)34-29(35)24-17-26(20-8-6-7-18(3)14-20)33-25-12-10-21(32)16-23(24)25/h6-8,10,12,14,16-17,19H,4-5,9,11,13,15H2,1-3H3,(H,34,35). The van der Waals surface area contributed by atoms with Crippen LogP contribution >= 0.6 is 27.3 Å². The molecule has 5 nitrogen and oxygen atoms in total. The number of nitrogens with one attached hydrogen (secondary N) is 1. The number of fused-ring (bicyclic) bond motifs is 2. The maximum Gasteiger partial charge on any atom is 0.341 e. The molecule has 2 heterocycles. The third-order valence-corrected chi connectivity index (χ3v) is 8.81. The molecule has 1 aliphatic rings. The molecule has 2 aromatic carbocycles. The lowest BCUT2D eigenvalue weighted by molar-refractivity contribution is 0.0505. The largest absolute Gasteiger partial charge is 0.462 e. The second-order valence-corrected chi connectivity index (χ2v) is 11.9. The highest BCUT2D eigenvalue weighted by Gasteiger charge is 2.30. The monoisotopic (exact) mass is 590 g/mol. The lowest BCUT2D eigenvalue weighted by atomic mass is 9.85. The van der Waals surface area contributed by atoms with Gasteiger partial charge in [-0.2, -0.15) is 0 Å². The van der Waals surface area contributed by atoms with E-state index in [1.807, 2.05) is 56.3 Å². The fourth-order valence-corrected chi connectivity index (χ4v) is 6.79. The molecule has 0 bridgehead atoms. The smallest absolute Gasteiger partial charge is 0.341 e. The van der Waals surface area contributed by atoms with E-state index in [4.69, 9.17) is 9.72 Å². The Hall–Kier alpha value is -3.03. The summed E-state index contributed by atoms with van der Waals surface area (Å²) in [6.45, 7) is 6.58. The van der Waals surface area contributed by atoms with Gasteiger partial charge in [-0.15, -0.1) is 11.3 Å². The number of aryl methyl sites for hydroxylation is 1. The Morgan fingerprint density at radius 1 is 1.16 bits per heavy atom. The van der Waals surface area contributed by atoms with Crippen LogP contribution in [0, 0.1) is 12.8 Å². The maximum absolute atomic E-state index is 13.9. The molecule has 1 N–H and O–H groups in total. The van der Waals surface area contributed by atoms with Gasteiger partial charge in [0.1, 0.15) is 5.00 Å². The van der Waals surface area contributed by atoms with Gasteiger partial charge in [0.05, 0.1) is 28.9 Å². The van der Waals surface area contributed by atoms with Crippen LogP contribution in [0.2, 0.25) is 0 Å². The number of carbonyl (C=O) groups is 2. The van der Waals surface area contributed by atoms with Crippen LogP contribution < -0.4 is 5.32 Å². The van der Waals surface area contributed by atoms with E-state index in [1.54, 1.807) is 0 Å². The highest BCUT2D eigenvalue weighted by Crippen LogP contribution is 2.41. The first-order valence-corrected chi connectivity index (χ1v) is 14.8. The van der Waals surface area contributed by atoms with Gasteiger partial charge in [-0.05, 0) is 74.4 Å². The summed E-state index contributed by atoms with van der Waals surface area (Å²) in [5.74, 6) is -0.0143. The van der Waals surface area contributed by atoms with Crippen LogP contribution in [0.15, 0.2) is 53.0 Å². The normalized spacial score (nSPS) is 14.8. The second-order valence-electron chi connectivity index (χ2n) is 9.90. The van der Waals surface area contributed by atoms with Gasteiger partial charge >= 0.3 is 5.97 Å². The van der Waals surface area contributed by atoms with Crippen molar-refractivity contribution in [1.82, 2.24) is 4.98 Å². The van der Waals surface area contributed by atoms with Crippen molar-refractivity contribution in [1.29, 1.82) is 0 Å². The number of esters is 1. The molecule has 0 aliphatic heterocycles. The van der Waals surface area contributed by atoms with Crippen LogP contribution in [0.25, 0.3) is 22.2 Å². The number of pyridine rings is 1. The summed E-state index contributed by atoms with van der Waals surface area (Å²) in [6.07, 6.45) is 4.67. The number of ether oxygens (including phenoxy) is 1. The number of nitrogens with zero attached hydrogens (tertiary/aromatic N) is 1. The van der Waals surface area contributed by atoms with Crippen molar-refractivity contribution in [3.05, 3.63) is 80.1 Å². The van der Waals surface area contributed by atoms with E-state index in [9.17, 15) is 9.59 Å². The summed E-state index contributed by atoms with van der Waals surface area (Å²) in [5.41, 5.74) is 5.61. The fourth-order valence-electron chi connectivity index (χ4n) is 5.08. The van der Waals surface area contributed by atoms with Gasteiger partial charge in [0, 0.05) is 20.3 Å². The first kappa shape index (κ1) is 26.6. The molecule has 1 unspecified atom stereocenters. The predicted octanol–water partition coefficient (Wildman–Crippen LogP) is 8.37. The Morgan fingerprint density at radius 2 is 2.00 bits per heavy atom. The third-order valence-electron chi connectivity index (χ3n) is 7.14. The van der Waals surface area contributed by atoms with Crippen LogP contribution in [0.5, 0.6) is 0 Å². The zero-order chi connectivity index (χ0) is 26.8. The molecule has 1 atom stereocenters. The Labute approximate surface area is 235 Å². The number of anilines is 1. The van der Waals surface area contributed by atoms with Gasteiger partial charge in [-0.25, -0.2) is 9.78 Å². The topological polar surface area (TPSA) is 68.3 Å². The Bertz CT molecular complexity index is 1530. The SMILES string of the molecule is CCCOC(=O)c1c(NC(=O)c2cc(-c3cccc(C)c3)nc3ccc(Br)cc23)sc2c1CCC(CC)C2. The summed E-state index contributed by atoms with van der Waals surface area (Å²) < 4.78 is 6.42. The number of benzene rings is 2. The van der Waals surface area contributed by atoms with Crippen molar-refractivity contribution in [2.45, 2.75) is 52.9 Å². The molecule has 1 amide bonds. The lowest BCUT2D eigenvalue weighted by Crippen LogP contribution is -2.17. The summed E-state index contributed by atoms with van der Waals surface area (Å²) >= 11 is 5.06. The van der Waals surface area contributed by atoms with Gasteiger partial charge < -0.3 is 10.1 Å². The van der Waals surface area contributed by atoms with E-state index < -0.39 is 0 Å². The zero-order valence-electron chi connectivity index (χ0n) is 21.9. The maximum atomic E-state index is 13.9. The molecular formula is C31H31BrN2O3S. The third kappa shape index (κ3) is 5.40. The molecule has 5 rings (SSSR count). The van der Waals surface area contributed by atoms with Gasteiger partial charge in [0.2, 0.25) is 0 Å². The number of thiophene rings is 1. The van der Waals surface area contributed by atoms with Crippen LogP contribution in [-0.2, 0) is 17.6 Å². The van der Waals surface area contributed by atoms with E-state index in [0.717, 1.165) is 69.9 Å². The fraction of sp³-hybridized carbons (Fsp3) is 0.323. The number of hydrogen-bond donors (Lipinski definition) is 1. The molecule has 0 saturated heterocycles. The Balaban J connectivity index is 1.58. The molecule has 0 saturated carbocycles. The van der Waals surface area contributed by atoms with Crippen molar-refractivity contribution < 1.29 is 14.3 Å². The van der Waals surface area contributed by atoms with E-state index in [-0.39, 0.29) is 11.9 Å². The van der Waals surface area contributed by atoms with E-state index in [2.05, 4.69) is 34.2 Å². The molecule has 196 valence electrons. The van der Waals surface area contributed by atoms with E-state index >= 15 is 0 Å². The summed E-state index contributed by atoms with van der Waals surface area (Å²) in [5, 5.41) is 4.44. The molecular weight excluding hydrogens is 560 g/mol. The first-order valence-electron chi connectivity index (χ1n) is 13.2. The minimum Gasteiger partial charge on any atom is -0.462 e. The minimum absolute atomic E-state index is 0.264. The quantitative estimate of drug-likeness (QED) is 0.219. The zero-order valence-corrected chi connectivity index (χ0v) is 24.3. The number of halogens is 1. The average Bonchev–Trinajstić information content (AvgIpc) is 3.27. The van der Waals surface area contributed by atoms with Crippen molar-refractivity contribution in [3.63, 3.8) is 0 Å². The molecule has 0 fully saturated rings. The van der Waals surface area contributed by atoms with Gasteiger partial charge in [-0.1, -0.05) is 60.0 Å². The van der Waals surface area contributed by atoms with Crippen molar-refractivity contribution >= 4 is 55.0 Å². The number of carbonyl (C=O) groups excluding carboxylic acids is 2. The summed E-state index contributed by atoms with van der Waals surface area (Å²) in [7, 11) is 0. The highest BCUT2D eigenvalue weighted by atomic mass is 79.9. The minimum atomic E-state index is -0.350. The predicted molar refractivity (Wildman–Crippen MR) is 158 cm³/mol. The molecule has 0 radical (unpaired) electrons. The van der Waals surface area contributed by atoms with Crippen LogP contribution in [-0.4, -0.2) is 23.5 Å². The van der Waals surface area contributed by atoms with Gasteiger partial charge in [-0.3, -0.25) is 4.79 Å². The number of hydrogen-bond acceptors (Lipinski definition) is 5. The number of rotatable bonds is 7. The molecule has 7 heteroatoms. The molecule has 0 spiro atoms. The summed E-state index contributed by atoms with van der Waals surface area (Å²) in [6, 6.07) is 15.7. The number of aromatic nitrogens is 1. The van der Waals surface area contributed by atoms with E-state index in [1.165, 1.54) is 16.2 Å². The summed E-state index contributed by atoms with van der Waals surface area (Å²) in [4.78, 5) is 33.1. The Morgan fingerprint density at radius 3 is 2.76 bits per heavy atom. The van der Waals surface area contributed by atoms with Gasteiger partial charge in [0.25, 0.3) is 5.91 Å². The molecule has 2 aromatic heterocycles.